The van der Waals surface area contributed by atoms with Gasteiger partial charge in [-0.1, -0.05) is 48.2 Å². The highest BCUT2D eigenvalue weighted by Crippen LogP contribution is 2.25. The van der Waals surface area contributed by atoms with Gasteiger partial charge in [0.1, 0.15) is 10.8 Å². The fraction of sp³-hybridized carbons (Fsp3) is 0.133. The van der Waals surface area contributed by atoms with Gasteiger partial charge in [0.05, 0.1) is 29.8 Å². The molecule has 3 nitrogen and oxygen atoms in total. The van der Waals surface area contributed by atoms with E-state index < -0.39 is 0 Å². The lowest BCUT2D eigenvalue weighted by molar-refractivity contribution is -0.116. The molecule has 0 amide bonds. The molecular formula is C15H12N2OS. The molecule has 0 saturated carbocycles. The van der Waals surface area contributed by atoms with Gasteiger partial charge in [0.15, 0.2) is 0 Å². The molecule has 0 atom stereocenters. The molecule has 3 rings (SSSR count). The molecule has 94 valence electrons. The average Bonchev–Trinajstić information content (AvgIpc) is 2.46. The fourth-order valence-corrected chi connectivity index (χ4v) is 2.69. The molecular weight excluding hydrogens is 256 g/mol. The maximum atomic E-state index is 11.4. The van der Waals surface area contributed by atoms with Crippen molar-refractivity contribution >= 4 is 29.7 Å². The number of fused-ring (bicyclic) bond motifs is 1. The lowest BCUT2D eigenvalue weighted by Gasteiger charge is -2.12. The zero-order valence-corrected chi connectivity index (χ0v) is 11.1. The smallest absolute Gasteiger partial charge is 0.149 e. The topological polar surface area (TPSA) is 42.9 Å². The highest BCUT2D eigenvalue weighted by Gasteiger charge is 2.18. The molecule has 4 heteroatoms. The number of thioether (sulfide) groups is 1. The van der Waals surface area contributed by atoms with Gasteiger partial charge in [0.25, 0.3) is 0 Å². The SMILES string of the molecule is O=C1CSc2ncc(/C=C/c3ccccc3)nc2C1. The molecule has 2 heterocycles. The second-order valence-corrected chi connectivity index (χ2v) is 5.26. The molecule has 0 radical (unpaired) electrons. The summed E-state index contributed by atoms with van der Waals surface area (Å²) >= 11 is 1.47. The van der Waals surface area contributed by atoms with Crippen LogP contribution in [-0.4, -0.2) is 21.5 Å². The summed E-state index contributed by atoms with van der Waals surface area (Å²) in [6, 6.07) is 10.0. The van der Waals surface area contributed by atoms with Crippen LogP contribution >= 0.6 is 11.8 Å². The average molecular weight is 268 g/mol. The number of rotatable bonds is 2. The Morgan fingerprint density at radius 3 is 2.84 bits per heavy atom. The normalized spacial score (nSPS) is 14.6. The minimum atomic E-state index is 0.219. The predicted molar refractivity (Wildman–Crippen MR) is 76.8 cm³/mol. The summed E-state index contributed by atoms with van der Waals surface area (Å²) in [6.45, 7) is 0. The maximum Gasteiger partial charge on any atom is 0.149 e. The largest absolute Gasteiger partial charge is 0.298 e. The van der Waals surface area contributed by atoms with Crippen LogP contribution in [0.5, 0.6) is 0 Å². The van der Waals surface area contributed by atoms with Crippen LogP contribution in [0.3, 0.4) is 0 Å². The highest BCUT2D eigenvalue weighted by atomic mass is 32.2. The van der Waals surface area contributed by atoms with E-state index in [2.05, 4.69) is 9.97 Å². The number of nitrogens with zero attached hydrogens (tertiary/aromatic N) is 2. The lowest BCUT2D eigenvalue weighted by atomic mass is 10.2. The standard InChI is InChI=1S/C15H12N2OS/c18-13-8-14-15(19-10-13)16-9-12(17-14)7-6-11-4-2-1-3-5-11/h1-7,9H,8,10H2/b7-6+. The molecule has 1 aliphatic heterocycles. The highest BCUT2D eigenvalue weighted by molar-refractivity contribution is 8.00. The first kappa shape index (κ1) is 12.1. The maximum absolute atomic E-state index is 11.4. The summed E-state index contributed by atoms with van der Waals surface area (Å²) in [5.41, 5.74) is 2.71. The van der Waals surface area contributed by atoms with Crippen molar-refractivity contribution in [2.24, 2.45) is 0 Å². The molecule has 0 saturated heterocycles. The monoisotopic (exact) mass is 268 g/mol. The molecule has 0 aliphatic carbocycles. The van der Waals surface area contributed by atoms with Gasteiger partial charge < -0.3 is 0 Å². The fourth-order valence-electron chi connectivity index (χ4n) is 1.88. The second kappa shape index (κ2) is 5.36. The summed E-state index contributed by atoms with van der Waals surface area (Å²) in [5.74, 6) is 0.733. The zero-order chi connectivity index (χ0) is 13.1. The quantitative estimate of drug-likeness (QED) is 0.840. The number of hydrogen-bond acceptors (Lipinski definition) is 4. The molecule has 19 heavy (non-hydrogen) atoms. The first-order valence-electron chi connectivity index (χ1n) is 6.05. The Bertz CT molecular complexity index is 638. The van der Waals surface area contributed by atoms with E-state index in [0.29, 0.717) is 12.2 Å². The van der Waals surface area contributed by atoms with E-state index in [9.17, 15) is 4.79 Å². The van der Waals surface area contributed by atoms with Crippen molar-refractivity contribution in [1.29, 1.82) is 0 Å². The van der Waals surface area contributed by atoms with E-state index in [0.717, 1.165) is 22.0 Å². The van der Waals surface area contributed by atoms with Crippen molar-refractivity contribution in [2.45, 2.75) is 11.4 Å². The Morgan fingerprint density at radius 2 is 2.00 bits per heavy atom. The minimum absolute atomic E-state index is 0.219. The van der Waals surface area contributed by atoms with Crippen LogP contribution in [0, 0.1) is 0 Å². The number of carbonyl (C=O) groups is 1. The van der Waals surface area contributed by atoms with Crippen molar-refractivity contribution in [2.75, 3.05) is 5.75 Å². The van der Waals surface area contributed by atoms with Crippen molar-refractivity contribution in [3.05, 3.63) is 53.5 Å². The first-order valence-corrected chi connectivity index (χ1v) is 7.03. The third kappa shape index (κ3) is 2.90. The Hall–Kier alpha value is -1.94. The van der Waals surface area contributed by atoms with E-state index in [1.807, 2.05) is 42.5 Å². The summed E-state index contributed by atoms with van der Waals surface area (Å²) in [4.78, 5) is 20.3. The second-order valence-electron chi connectivity index (χ2n) is 4.29. The summed E-state index contributed by atoms with van der Waals surface area (Å²) in [6.07, 6.45) is 6.07. The number of hydrogen-bond donors (Lipinski definition) is 0. The summed E-state index contributed by atoms with van der Waals surface area (Å²) in [5, 5.41) is 0.886. The molecule has 0 spiro atoms. The van der Waals surface area contributed by atoms with Crippen LogP contribution in [-0.2, 0) is 11.2 Å². The molecule has 0 N–H and O–H groups in total. The zero-order valence-electron chi connectivity index (χ0n) is 10.2. The van der Waals surface area contributed by atoms with Gasteiger partial charge >= 0.3 is 0 Å². The first-order chi connectivity index (χ1) is 9.31. The van der Waals surface area contributed by atoms with Gasteiger partial charge in [-0.2, -0.15) is 0 Å². The van der Waals surface area contributed by atoms with Gasteiger partial charge in [-0.25, -0.2) is 9.97 Å². The number of carbonyl (C=O) groups excluding carboxylic acids is 1. The Labute approximate surface area is 115 Å². The number of ketones is 1. The van der Waals surface area contributed by atoms with Crippen LogP contribution in [0.2, 0.25) is 0 Å². The number of benzene rings is 1. The molecule has 1 aromatic heterocycles. The van der Waals surface area contributed by atoms with E-state index in [4.69, 9.17) is 0 Å². The van der Waals surface area contributed by atoms with Crippen LogP contribution in [0.15, 0.2) is 41.6 Å². The molecule has 0 bridgehead atoms. The van der Waals surface area contributed by atoms with Gasteiger partial charge in [-0.15, -0.1) is 0 Å². The van der Waals surface area contributed by atoms with Crippen molar-refractivity contribution in [3.63, 3.8) is 0 Å². The van der Waals surface area contributed by atoms with E-state index in [1.165, 1.54) is 11.8 Å². The number of Topliss-reactive ketones (excluding diaryl/α,β-unsaturated/α-hetero) is 1. The van der Waals surface area contributed by atoms with Crippen LogP contribution in [0.1, 0.15) is 17.0 Å². The Kier molecular flexibility index (Phi) is 3.42. The summed E-state index contributed by atoms with van der Waals surface area (Å²) in [7, 11) is 0. The van der Waals surface area contributed by atoms with Crippen molar-refractivity contribution in [1.82, 2.24) is 9.97 Å². The number of aromatic nitrogens is 2. The van der Waals surface area contributed by atoms with Crippen molar-refractivity contribution < 1.29 is 4.79 Å². The molecule has 2 aromatic rings. The van der Waals surface area contributed by atoms with E-state index >= 15 is 0 Å². The van der Waals surface area contributed by atoms with E-state index in [1.54, 1.807) is 6.20 Å². The van der Waals surface area contributed by atoms with Gasteiger partial charge in [0.2, 0.25) is 0 Å². The van der Waals surface area contributed by atoms with Gasteiger partial charge in [-0.3, -0.25) is 4.79 Å². The van der Waals surface area contributed by atoms with Crippen LogP contribution in [0.4, 0.5) is 0 Å². The molecule has 1 aromatic carbocycles. The van der Waals surface area contributed by atoms with Crippen molar-refractivity contribution in [3.8, 4) is 0 Å². The third-order valence-electron chi connectivity index (χ3n) is 2.81. The lowest BCUT2D eigenvalue weighted by Crippen LogP contribution is -2.14. The van der Waals surface area contributed by atoms with E-state index in [-0.39, 0.29) is 5.78 Å². The molecule has 0 unspecified atom stereocenters. The van der Waals surface area contributed by atoms with Crippen LogP contribution < -0.4 is 0 Å². The van der Waals surface area contributed by atoms with Gasteiger partial charge in [0, 0.05) is 0 Å². The third-order valence-corrected chi connectivity index (χ3v) is 3.89. The van der Waals surface area contributed by atoms with Crippen LogP contribution in [0.25, 0.3) is 12.2 Å². The molecule has 1 aliphatic rings. The Balaban J connectivity index is 1.84. The Morgan fingerprint density at radius 1 is 1.16 bits per heavy atom. The predicted octanol–water partition coefficient (Wildman–Crippen LogP) is 2.86. The summed E-state index contributed by atoms with van der Waals surface area (Å²) < 4.78 is 0. The van der Waals surface area contributed by atoms with Gasteiger partial charge in [-0.05, 0) is 11.6 Å². The minimum Gasteiger partial charge on any atom is -0.298 e. The molecule has 0 fully saturated rings.